The molecule has 134 valence electrons. The summed E-state index contributed by atoms with van der Waals surface area (Å²) in [6.45, 7) is 11.1. The summed E-state index contributed by atoms with van der Waals surface area (Å²) in [6, 6.07) is 0.959. The van der Waals surface area contributed by atoms with Crippen molar-refractivity contribution in [3.8, 4) is 0 Å². The molecule has 3 N–H and O–H groups in total. The molecule has 0 aromatic carbocycles. The second-order valence-corrected chi connectivity index (χ2v) is 7.89. The van der Waals surface area contributed by atoms with Gasteiger partial charge in [0.05, 0.1) is 0 Å². The van der Waals surface area contributed by atoms with E-state index in [4.69, 9.17) is 10.5 Å². The summed E-state index contributed by atoms with van der Waals surface area (Å²) in [6.07, 6.45) is 4.58. The molecule has 0 radical (unpaired) electrons. The standard InChI is InChI=1S/C17H34N4O2/c1-17(2,3)23-16(22)21-11-9-20(10-12-21)8-7-19-15-6-4-5-14(18)13-15/h14-15,19H,4-13,18H2,1-3H3. The third-order valence-electron chi connectivity index (χ3n) is 4.60. The van der Waals surface area contributed by atoms with Crippen LogP contribution in [0.25, 0.3) is 0 Å². The Labute approximate surface area is 140 Å². The molecule has 0 aromatic heterocycles. The Hall–Kier alpha value is -0.850. The monoisotopic (exact) mass is 326 g/mol. The quantitative estimate of drug-likeness (QED) is 0.817. The summed E-state index contributed by atoms with van der Waals surface area (Å²) >= 11 is 0. The van der Waals surface area contributed by atoms with Gasteiger partial charge in [-0.2, -0.15) is 0 Å². The van der Waals surface area contributed by atoms with E-state index in [2.05, 4.69) is 10.2 Å². The second-order valence-electron chi connectivity index (χ2n) is 7.89. The molecular weight excluding hydrogens is 292 g/mol. The maximum Gasteiger partial charge on any atom is 0.410 e. The molecule has 1 aliphatic carbocycles. The largest absolute Gasteiger partial charge is 0.444 e. The van der Waals surface area contributed by atoms with E-state index in [1.165, 1.54) is 19.3 Å². The van der Waals surface area contributed by atoms with E-state index in [0.717, 1.165) is 45.7 Å². The van der Waals surface area contributed by atoms with Gasteiger partial charge in [0.1, 0.15) is 5.60 Å². The number of hydrogen-bond donors (Lipinski definition) is 2. The predicted octanol–water partition coefficient (Wildman–Crippen LogP) is 1.40. The van der Waals surface area contributed by atoms with Crippen molar-refractivity contribution in [1.82, 2.24) is 15.1 Å². The highest BCUT2D eigenvalue weighted by molar-refractivity contribution is 5.68. The molecule has 6 heteroatoms. The highest BCUT2D eigenvalue weighted by Gasteiger charge is 2.26. The Kier molecular flexibility index (Phi) is 6.68. The zero-order chi connectivity index (χ0) is 16.9. The van der Waals surface area contributed by atoms with Gasteiger partial charge in [-0.05, 0) is 40.0 Å². The van der Waals surface area contributed by atoms with Crippen LogP contribution in [0.4, 0.5) is 4.79 Å². The van der Waals surface area contributed by atoms with Crippen LogP contribution in [0, 0.1) is 0 Å². The van der Waals surface area contributed by atoms with E-state index < -0.39 is 5.60 Å². The Morgan fingerprint density at radius 3 is 2.52 bits per heavy atom. The van der Waals surface area contributed by atoms with Crippen LogP contribution in [0.15, 0.2) is 0 Å². The minimum Gasteiger partial charge on any atom is -0.444 e. The van der Waals surface area contributed by atoms with Gasteiger partial charge in [-0.25, -0.2) is 4.79 Å². The molecule has 0 spiro atoms. The predicted molar refractivity (Wildman–Crippen MR) is 92.5 cm³/mol. The molecule has 2 fully saturated rings. The van der Waals surface area contributed by atoms with Crippen molar-refractivity contribution in [2.45, 2.75) is 64.1 Å². The van der Waals surface area contributed by atoms with Gasteiger partial charge < -0.3 is 20.7 Å². The smallest absolute Gasteiger partial charge is 0.410 e. The molecule has 1 aliphatic heterocycles. The Morgan fingerprint density at radius 1 is 1.22 bits per heavy atom. The van der Waals surface area contributed by atoms with Gasteiger partial charge in [0, 0.05) is 51.4 Å². The average Bonchev–Trinajstić information content (AvgIpc) is 2.46. The molecule has 2 unspecified atom stereocenters. The van der Waals surface area contributed by atoms with Gasteiger partial charge in [-0.15, -0.1) is 0 Å². The maximum absolute atomic E-state index is 12.0. The number of carbonyl (C=O) groups is 1. The molecule has 1 saturated carbocycles. The van der Waals surface area contributed by atoms with Crippen LogP contribution >= 0.6 is 0 Å². The first kappa shape index (κ1) is 18.5. The third kappa shape index (κ3) is 6.65. The van der Waals surface area contributed by atoms with Gasteiger partial charge in [0.25, 0.3) is 0 Å². The Bertz CT molecular complexity index is 375. The first-order chi connectivity index (χ1) is 10.8. The van der Waals surface area contributed by atoms with Crippen LogP contribution in [-0.4, -0.2) is 72.8 Å². The summed E-state index contributed by atoms with van der Waals surface area (Å²) in [5.74, 6) is 0. The van der Waals surface area contributed by atoms with E-state index in [1.807, 2.05) is 25.7 Å². The number of rotatable bonds is 4. The maximum atomic E-state index is 12.0. The van der Waals surface area contributed by atoms with Crippen molar-refractivity contribution < 1.29 is 9.53 Å². The topological polar surface area (TPSA) is 70.8 Å². The van der Waals surface area contributed by atoms with E-state index >= 15 is 0 Å². The number of nitrogens with zero attached hydrogens (tertiary/aromatic N) is 2. The van der Waals surface area contributed by atoms with E-state index in [1.54, 1.807) is 0 Å². The van der Waals surface area contributed by atoms with Crippen molar-refractivity contribution in [3.63, 3.8) is 0 Å². The molecule has 2 rings (SSSR count). The fourth-order valence-electron chi connectivity index (χ4n) is 3.32. The molecular formula is C17H34N4O2. The van der Waals surface area contributed by atoms with Crippen molar-refractivity contribution in [2.75, 3.05) is 39.3 Å². The lowest BCUT2D eigenvalue weighted by atomic mass is 9.92. The second kappa shape index (κ2) is 8.31. The summed E-state index contributed by atoms with van der Waals surface area (Å²) in [5, 5.41) is 3.64. The van der Waals surface area contributed by atoms with Crippen molar-refractivity contribution >= 4 is 6.09 Å². The van der Waals surface area contributed by atoms with Crippen molar-refractivity contribution in [1.29, 1.82) is 0 Å². The Morgan fingerprint density at radius 2 is 1.91 bits per heavy atom. The summed E-state index contributed by atoms with van der Waals surface area (Å²) in [5.41, 5.74) is 5.61. The molecule has 0 aromatic rings. The number of amides is 1. The summed E-state index contributed by atoms with van der Waals surface area (Å²) < 4.78 is 5.43. The lowest BCUT2D eigenvalue weighted by Crippen LogP contribution is -2.51. The van der Waals surface area contributed by atoms with Crippen molar-refractivity contribution in [2.24, 2.45) is 5.73 Å². The molecule has 2 aliphatic rings. The molecule has 2 atom stereocenters. The number of carbonyl (C=O) groups excluding carboxylic acids is 1. The minimum atomic E-state index is -0.418. The van der Waals surface area contributed by atoms with Crippen LogP contribution in [0.1, 0.15) is 46.5 Å². The minimum absolute atomic E-state index is 0.188. The SMILES string of the molecule is CC(C)(C)OC(=O)N1CCN(CCNC2CCCC(N)C2)CC1. The fourth-order valence-corrected chi connectivity index (χ4v) is 3.32. The first-order valence-corrected chi connectivity index (χ1v) is 9.03. The first-order valence-electron chi connectivity index (χ1n) is 9.03. The molecule has 1 amide bonds. The number of nitrogens with one attached hydrogen (secondary N) is 1. The zero-order valence-electron chi connectivity index (χ0n) is 15.0. The van der Waals surface area contributed by atoms with Crippen LogP contribution in [-0.2, 0) is 4.74 Å². The van der Waals surface area contributed by atoms with Gasteiger partial charge >= 0.3 is 6.09 Å². The average molecular weight is 326 g/mol. The highest BCUT2D eigenvalue weighted by atomic mass is 16.6. The number of piperazine rings is 1. The van der Waals surface area contributed by atoms with Crippen LogP contribution in [0.5, 0.6) is 0 Å². The number of nitrogens with two attached hydrogens (primary N) is 1. The van der Waals surface area contributed by atoms with E-state index in [0.29, 0.717) is 12.1 Å². The van der Waals surface area contributed by atoms with E-state index in [-0.39, 0.29) is 6.09 Å². The van der Waals surface area contributed by atoms with E-state index in [9.17, 15) is 4.79 Å². The lowest BCUT2D eigenvalue weighted by Gasteiger charge is -2.36. The number of ether oxygens (including phenoxy) is 1. The summed E-state index contributed by atoms with van der Waals surface area (Å²) in [4.78, 5) is 16.3. The zero-order valence-corrected chi connectivity index (χ0v) is 15.0. The Balaban J connectivity index is 1.60. The van der Waals surface area contributed by atoms with Crippen LogP contribution in [0.3, 0.4) is 0 Å². The molecule has 0 bridgehead atoms. The summed E-state index contributed by atoms with van der Waals surface area (Å²) in [7, 11) is 0. The normalized spacial score (nSPS) is 27.0. The molecule has 1 heterocycles. The van der Waals surface area contributed by atoms with Gasteiger partial charge in [-0.3, -0.25) is 4.90 Å². The van der Waals surface area contributed by atoms with Crippen LogP contribution < -0.4 is 11.1 Å². The lowest BCUT2D eigenvalue weighted by molar-refractivity contribution is 0.0146. The third-order valence-corrected chi connectivity index (χ3v) is 4.60. The molecule has 6 nitrogen and oxygen atoms in total. The number of hydrogen-bond acceptors (Lipinski definition) is 5. The van der Waals surface area contributed by atoms with Gasteiger partial charge in [0.15, 0.2) is 0 Å². The molecule has 23 heavy (non-hydrogen) atoms. The van der Waals surface area contributed by atoms with Crippen molar-refractivity contribution in [3.05, 3.63) is 0 Å². The highest BCUT2D eigenvalue weighted by Crippen LogP contribution is 2.16. The van der Waals surface area contributed by atoms with Gasteiger partial charge in [0.2, 0.25) is 0 Å². The fraction of sp³-hybridized carbons (Fsp3) is 0.941. The molecule has 1 saturated heterocycles. The van der Waals surface area contributed by atoms with Crippen LogP contribution in [0.2, 0.25) is 0 Å². The van der Waals surface area contributed by atoms with Gasteiger partial charge in [-0.1, -0.05) is 6.42 Å².